The summed E-state index contributed by atoms with van der Waals surface area (Å²) in [6.07, 6.45) is -2.15. The van der Waals surface area contributed by atoms with Crippen molar-refractivity contribution in [2.75, 3.05) is 38.4 Å². The highest BCUT2D eigenvalue weighted by Gasteiger charge is 2.45. The lowest BCUT2D eigenvalue weighted by molar-refractivity contribution is -0.193. The molecule has 9 N–H and O–H groups in total. The van der Waals surface area contributed by atoms with Gasteiger partial charge in [0.1, 0.15) is 63.8 Å². The Morgan fingerprint density at radius 3 is 0.740 bits per heavy atom. The molecule has 1 aliphatic rings. The van der Waals surface area contributed by atoms with E-state index in [0.29, 0.717) is 0 Å². The van der Waals surface area contributed by atoms with E-state index in [1.807, 2.05) is 256 Å². The summed E-state index contributed by atoms with van der Waals surface area (Å²) in [5.74, 6) is -5.70. The molecule has 40 nitrogen and oxygen atoms in total. The number of carbonyl (C=O) groups is 8. The second kappa shape index (κ2) is 68.4. The Kier molecular flexibility index (Phi) is 61.9. The number of hydrogen-bond acceptors (Lipinski definition) is 31. The van der Waals surface area contributed by atoms with E-state index >= 15 is 0 Å². The molecule has 0 radical (unpaired) electrons. The SMILES string of the molecule is CC(C)NP(=O)(C[C@H](C)[C@H](NC(=O)OCC1c2ccccc2-c2ccccc21)C(=O)O)NC(C)C.CC(C)NP(=O)(C[C@H](C)[C@H](NC(=O)OCc1ccccc1)C(=O)OCc1ccccc1)NC(C)C.COC(=O)[C@@H](NC(=O)OCc1ccccc1)[C@@H](C)CP(=O)(OC(C)(C)C)OC(C)(C)C.C[C@@H](CP(=O)(OC(C)(C)C)OC(C)(C)C)[C@H](NC(=O)OCc1ccccc1)C(=O)OCc1ccccc1.O=C=O.O=C=O.O=C=O.O=C=O. The number of benzene rings is 7. The summed E-state index contributed by atoms with van der Waals surface area (Å²) in [5, 5.41) is 32.4. The van der Waals surface area contributed by atoms with Crippen LogP contribution in [-0.4, -0.2) is 187 Å². The van der Waals surface area contributed by atoms with E-state index in [9.17, 15) is 61.7 Å². The van der Waals surface area contributed by atoms with E-state index < -0.39 is 149 Å². The lowest BCUT2D eigenvalue weighted by Gasteiger charge is -2.34. The number of aliphatic carboxylic acids is 1. The minimum absolute atomic E-state index is 0.0261. The number of amides is 4. The predicted molar refractivity (Wildman–Crippen MR) is 558 cm³/mol. The van der Waals surface area contributed by atoms with Gasteiger partial charge in [0.15, 0.2) is 0 Å². The smallest absolute Gasteiger partial charge is 0.408 e. The number of carboxylic acids is 1. The first kappa shape index (κ1) is 136. The van der Waals surface area contributed by atoms with Gasteiger partial charge in [-0.2, -0.15) is 38.4 Å². The average molecular weight is 2170 g/mol. The monoisotopic (exact) mass is 2170 g/mol. The van der Waals surface area contributed by atoms with Crippen LogP contribution in [0.2, 0.25) is 0 Å². The fraction of sp³-hybridized carbons (Fsp3) is 0.491. The van der Waals surface area contributed by atoms with Gasteiger partial charge in [0.05, 0.1) is 41.8 Å². The molecule has 0 saturated carbocycles. The van der Waals surface area contributed by atoms with E-state index in [0.717, 1.165) is 50.1 Å². The molecule has 0 saturated heterocycles. The standard InChI is InChI=1S/C28H40NO7P.C26H36N3O5P.C26H38N3O5P.C22H36NO7P.4CO2/c1-21(20-37(32,35-27(2,3)4)36-28(5,6)7)24(25(30)33-18-22-14-10-8-11-15-22)29-26(31)34-19-23-16-12-9-13-17-23;1-16(2)28-35(33,29-17(3)4)15-18(5)24(25(30)31)27-26(32)34-14-23-21-12-8-6-10-19(21)20-11-7-9-13-22(20)23;1-19(2)28-35(32,29-20(3)4)18-21(5)24(25(30)33-16-22-12-8-6-9-13-22)27-26(31)34-17-23-14-10-7-11-15-23;1-16(15-31(26,29-21(2,3)4)30-22(5,6)7)18(19(24)27-8)23-20(25)28-14-17-12-10-9-11-13-17;4*2-1-3/h8-17,21,24H,18-20H2,1-7H3,(H,29,31);6-13,16-18,23-24H,14-15H2,1-5H3,(H,27,32)(H,30,31)(H2,28,29,33);6-15,19-21,24H,16-18H2,1-5H3,(H,27,31)(H2,28,29,32);9-13,16,18H,14-15H2,1-8H3,(H,23,25);;;;/t21-,24-;18-,24-;21-,24-;16-,18-;;;;/m0000..../s1. The number of carbonyl (C=O) groups excluding carboxylic acids is 15. The van der Waals surface area contributed by atoms with E-state index in [-0.39, 0.29) is 119 Å². The van der Waals surface area contributed by atoms with Gasteiger partial charge in [0.2, 0.25) is 14.9 Å². The molecule has 44 heteroatoms. The van der Waals surface area contributed by atoms with Gasteiger partial charge in [-0.15, -0.1) is 0 Å². The molecular formula is C106H150N8O32P4. The first-order chi connectivity index (χ1) is 70.0. The third-order valence-electron chi connectivity index (χ3n) is 19.7. The maximum atomic E-state index is 13.8. The topological polar surface area (TPSA) is 559 Å². The Bertz CT molecular complexity index is 5440. The van der Waals surface area contributed by atoms with Gasteiger partial charge < -0.3 is 77.6 Å². The van der Waals surface area contributed by atoms with Gasteiger partial charge in [-0.05, 0) is 212 Å². The molecule has 150 heavy (non-hydrogen) atoms. The molecule has 7 aromatic carbocycles. The van der Waals surface area contributed by atoms with Crippen molar-refractivity contribution in [3.05, 3.63) is 239 Å². The summed E-state index contributed by atoms with van der Waals surface area (Å²) in [4.78, 5) is 166. The molecule has 8 rings (SSSR count). The Morgan fingerprint density at radius 2 is 0.507 bits per heavy atom. The number of carboxylic acid groups (broad SMARTS) is 1. The number of rotatable bonds is 44. The number of fused-ring (bicyclic) bond motifs is 3. The Hall–Kier alpha value is -12.4. The Morgan fingerprint density at radius 1 is 0.300 bits per heavy atom. The fourth-order valence-electron chi connectivity index (χ4n) is 14.7. The minimum Gasteiger partial charge on any atom is -0.480 e. The lowest BCUT2D eigenvalue weighted by atomic mass is 9.98. The van der Waals surface area contributed by atoms with Gasteiger partial charge in [-0.3, -0.25) is 38.6 Å². The van der Waals surface area contributed by atoms with Crippen molar-refractivity contribution >= 4 is 103 Å². The molecule has 0 spiro atoms. The number of methoxy groups -OCH3 is 1. The van der Waals surface area contributed by atoms with Crippen molar-refractivity contribution in [3.8, 4) is 11.1 Å². The molecule has 0 bridgehead atoms. The van der Waals surface area contributed by atoms with Gasteiger partial charge >= 0.3 is 88.0 Å². The van der Waals surface area contributed by atoms with Crippen molar-refractivity contribution in [1.29, 1.82) is 0 Å². The molecule has 826 valence electrons. The zero-order chi connectivity index (χ0) is 114. The van der Waals surface area contributed by atoms with Crippen LogP contribution in [0.1, 0.15) is 211 Å². The van der Waals surface area contributed by atoms with Crippen molar-refractivity contribution in [3.63, 3.8) is 0 Å². The highest BCUT2D eigenvalue weighted by atomic mass is 31.2. The predicted octanol–water partition coefficient (Wildman–Crippen LogP) is 18.7. The number of ether oxygens (including phenoxy) is 7. The molecular weight excluding hydrogens is 2020 g/mol. The van der Waals surface area contributed by atoms with Crippen molar-refractivity contribution < 1.29 is 151 Å². The van der Waals surface area contributed by atoms with E-state index in [2.05, 4.69) is 41.6 Å². The Labute approximate surface area is 879 Å². The van der Waals surface area contributed by atoms with Crippen LogP contribution in [0.5, 0.6) is 0 Å². The van der Waals surface area contributed by atoms with Crippen LogP contribution in [0.4, 0.5) is 19.2 Å². The second-order valence-corrected chi connectivity index (χ2v) is 48.3. The molecule has 0 aromatic heterocycles. The summed E-state index contributed by atoms with van der Waals surface area (Å²) >= 11 is 0. The molecule has 0 aliphatic heterocycles. The van der Waals surface area contributed by atoms with Gasteiger partial charge in [-0.1, -0.05) is 228 Å². The van der Waals surface area contributed by atoms with E-state index in [4.69, 9.17) is 89.6 Å². The van der Waals surface area contributed by atoms with Crippen LogP contribution in [0.3, 0.4) is 0 Å². The van der Waals surface area contributed by atoms with Crippen LogP contribution >= 0.6 is 30.1 Å². The van der Waals surface area contributed by atoms with E-state index in [1.54, 1.807) is 111 Å². The van der Waals surface area contributed by atoms with Crippen molar-refractivity contribution in [1.82, 2.24) is 41.6 Å². The second-order valence-electron chi connectivity index (χ2n) is 39.7. The first-order valence-corrected chi connectivity index (χ1v) is 55.3. The third-order valence-corrected chi connectivity index (χ3v) is 30.9. The molecule has 7 aromatic rings. The molecule has 0 fully saturated rings. The summed E-state index contributed by atoms with van der Waals surface area (Å²) in [6.45, 7) is 43.6. The third kappa shape index (κ3) is 58.1. The zero-order valence-electron chi connectivity index (χ0n) is 90.0. The highest BCUT2D eigenvalue weighted by molar-refractivity contribution is 7.60. The van der Waals surface area contributed by atoms with Crippen LogP contribution in [0.25, 0.3) is 11.1 Å². The lowest BCUT2D eigenvalue weighted by Crippen LogP contribution is -2.48. The maximum absolute atomic E-state index is 13.8. The number of hydrogen-bond donors (Lipinski definition) is 9. The van der Waals surface area contributed by atoms with Crippen LogP contribution in [-0.2, 0) is 160 Å². The largest absolute Gasteiger partial charge is 0.480 e. The minimum atomic E-state index is -3.70. The summed E-state index contributed by atoms with van der Waals surface area (Å²) in [7, 11) is -12.3. The van der Waals surface area contributed by atoms with Crippen LogP contribution in [0, 0.1) is 23.7 Å². The fourth-order valence-corrected chi connectivity index (χ4v) is 26.2. The Balaban J connectivity index is 0.000000964. The molecule has 4 amide bonds. The maximum Gasteiger partial charge on any atom is 0.408 e. The summed E-state index contributed by atoms with van der Waals surface area (Å²) in [6, 6.07) is 57.4. The molecule has 0 heterocycles. The van der Waals surface area contributed by atoms with Crippen molar-refractivity contribution in [2.24, 2.45) is 23.7 Å². The molecule has 0 unspecified atom stereocenters. The van der Waals surface area contributed by atoms with Gasteiger partial charge in [-0.25, -0.2) is 38.4 Å². The van der Waals surface area contributed by atoms with Crippen LogP contribution < -0.4 is 41.6 Å². The summed E-state index contributed by atoms with van der Waals surface area (Å²) in [5.41, 5.74) is 5.45. The van der Waals surface area contributed by atoms with Crippen LogP contribution in [0.15, 0.2) is 200 Å². The first-order valence-electron chi connectivity index (χ1n) is 48.1. The summed E-state index contributed by atoms with van der Waals surface area (Å²) < 4.78 is 115. The number of alkyl carbamates (subject to hydrolysis) is 4. The number of esters is 3. The molecule has 8 atom stereocenters. The van der Waals surface area contributed by atoms with Gasteiger partial charge in [0.25, 0.3) is 0 Å². The quantitative estimate of drug-likeness (QED) is 0.00973. The van der Waals surface area contributed by atoms with Crippen molar-refractivity contribution in [2.45, 2.75) is 276 Å². The van der Waals surface area contributed by atoms with E-state index in [1.165, 1.54) is 7.11 Å². The normalized spacial score (nSPS) is 13.2. The number of nitrogens with one attached hydrogen (secondary N) is 8. The zero-order valence-corrected chi connectivity index (χ0v) is 93.6. The highest BCUT2D eigenvalue weighted by Crippen LogP contribution is 2.58. The molecule has 1 aliphatic carbocycles. The average Bonchev–Trinajstić information content (AvgIpc) is 1.61. The van der Waals surface area contributed by atoms with Gasteiger partial charge in [0, 0.05) is 42.4 Å².